The smallest absolute Gasteiger partial charge is 0.267 e. The molecule has 1 amide bonds. The van der Waals surface area contributed by atoms with E-state index in [1.807, 2.05) is 0 Å². The van der Waals surface area contributed by atoms with E-state index < -0.39 is 0 Å². The Morgan fingerprint density at radius 2 is 2.21 bits per heavy atom. The van der Waals surface area contributed by atoms with Crippen LogP contribution in [0.4, 0.5) is 0 Å². The van der Waals surface area contributed by atoms with Crippen LogP contribution in [0.2, 0.25) is 0 Å². The standard InChI is InChI=1S/C13H16N4O2/c1-9(18)10-7-11(17-8-10)13(19)16-4-2-3-12-14-5-6-15-12/h5-8,17H,2-4H2,1H3,(H,14,15)(H,16,19). The molecule has 0 saturated carbocycles. The minimum Gasteiger partial charge on any atom is -0.356 e. The van der Waals surface area contributed by atoms with Gasteiger partial charge in [0.2, 0.25) is 0 Å². The van der Waals surface area contributed by atoms with Gasteiger partial charge < -0.3 is 15.3 Å². The molecular weight excluding hydrogens is 244 g/mol. The van der Waals surface area contributed by atoms with Crippen molar-refractivity contribution in [2.45, 2.75) is 19.8 Å². The Bertz CT molecular complexity index is 557. The molecule has 0 saturated heterocycles. The van der Waals surface area contributed by atoms with Crippen molar-refractivity contribution < 1.29 is 9.59 Å². The van der Waals surface area contributed by atoms with Gasteiger partial charge in [-0.1, -0.05) is 0 Å². The number of hydrogen-bond donors (Lipinski definition) is 3. The van der Waals surface area contributed by atoms with Gasteiger partial charge in [-0.3, -0.25) is 9.59 Å². The van der Waals surface area contributed by atoms with Crippen LogP contribution < -0.4 is 5.32 Å². The van der Waals surface area contributed by atoms with Crippen LogP contribution in [0, 0.1) is 0 Å². The summed E-state index contributed by atoms with van der Waals surface area (Å²) in [6, 6.07) is 1.56. The highest BCUT2D eigenvalue weighted by molar-refractivity contribution is 5.99. The second-order valence-electron chi connectivity index (χ2n) is 4.25. The summed E-state index contributed by atoms with van der Waals surface area (Å²) < 4.78 is 0. The monoisotopic (exact) mass is 260 g/mol. The molecule has 0 aromatic carbocycles. The highest BCUT2D eigenvalue weighted by atomic mass is 16.2. The fourth-order valence-electron chi connectivity index (χ4n) is 1.72. The number of aryl methyl sites for hydroxylation is 1. The maximum Gasteiger partial charge on any atom is 0.267 e. The van der Waals surface area contributed by atoms with Gasteiger partial charge in [0.1, 0.15) is 11.5 Å². The first-order valence-corrected chi connectivity index (χ1v) is 6.12. The van der Waals surface area contributed by atoms with Gasteiger partial charge in [0, 0.05) is 37.1 Å². The van der Waals surface area contributed by atoms with Crippen LogP contribution in [0.15, 0.2) is 24.7 Å². The van der Waals surface area contributed by atoms with E-state index in [0.29, 0.717) is 17.8 Å². The third kappa shape index (κ3) is 3.54. The van der Waals surface area contributed by atoms with Crippen LogP contribution in [0.25, 0.3) is 0 Å². The molecule has 0 aliphatic heterocycles. The molecule has 19 heavy (non-hydrogen) atoms. The van der Waals surface area contributed by atoms with Crippen molar-refractivity contribution in [3.05, 3.63) is 41.7 Å². The number of rotatable bonds is 6. The Labute approximate surface area is 110 Å². The number of carbonyl (C=O) groups is 2. The Balaban J connectivity index is 1.76. The van der Waals surface area contributed by atoms with E-state index in [1.165, 1.54) is 6.92 Å². The van der Waals surface area contributed by atoms with E-state index in [4.69, 9.17) is 0 Å². The molecule has 2 rings (SSSR count). The number of Topliss-reactive ketones (excluding diaryl/α,β-unsaturated/α-hetero) is 1. The van der Waals surface area contributed by atoms with Crippen LogP contribution in [0.1, 0.15) is 40.0 Å². The molecule has 2 heterocycles. The molecule has 0 spiro atoms. The zero-order chi connectivity index (χ0) is 13.7. The number of H-pyrrole nitrogens is 2. The highest BCUT2D eigenvalue weighted by Crippen LogP contribution is 2.04. The van der Waals surface area contributed by atoms with Crippen molar-refractivity contribution in [2.75, 3.05) is 6.54 Å². The predicted octanol–water partition coefficient (Wildman–Crippen LogP) is 1.30. The van der Waals surface area contributed by atoms with Gasteiger partial charge in [0.15, 0.2) is 5.78 Å². The highest BCUT2D eigenvalue weighted by Gasteiger charge is 2.09. The summed E-state index contributed by atoms with van der Waals surface area (Å²) in [5, 5.41) is 2.79. The third-order valence-corrected chi connectivity index (χ3v) is 2.76. The summed E-state index contributed by atoms with van der Waals surface area (Å²) in [7, 11) is 0. The molecule has 0 radical (unpaired) electrons. The van der Waals surface area contributed by atoms with Crippen LogP contribution >= 0.6 is 0 Å². The Kier molecular flexibility index (Phi) is 4.12. The lowest BCUT2D eigenvalue weighted by atomic mass is 10.2. The Morgan fingerprint density at radius 1 is 1.37 bits per heavy atom. The van der Waals surface area contributed by atoms with Gasteiger partial charge >= 0.3 is 0 Å². The third-order valence-electron chi connectivity index (χ3n) is 2.76. The van der Waals surface area contributed by atoms with E-state index >= 15 is 0 Å². The molecule has 0 fully saturated rings. The first kappa shape index (κ1) is 13.1. The van der Waals surface area contributed by atoms with E-state index in [-0.39, 0.29) is 11.7 Å². The van der Waals surface area contributed by atoms with Gasteiger partial charge in [-0.2, -0.15) is 0 Å². The van der Waals surface area contributed by atoms with Crippen molar-refractivity contribution in [3.63, 3.8) is 0 Å². The van der Waals surface area contributed by atoms with Crippen molar-refractivity contribution in [1.29, 1.82) is 0 Å². The lowest BCUT2D eigenvalue weighted by Crippen LogP contribution is -2.25. The number of nitrogens with one attached hydrogen (secondary N) is 3. The average Bonchev–Trinajstić information content (AvgIpc) is 3.05. The molecule has 6 heteroatoms. The lowest BCUT2D eigenvalue weighted by molar-refractivity contribution is 0.0948. The fourth-order valence-corrected chi connectivity index (χ4v) is 1.72. The Morgan fingerprint density at radius 3 is 2.84 bits per heavy atom. The summed E-state index contributed by atoms with van der Waals surface area (Å²) in [5.74, 6) is 0.646. The Hall–Kier alpha value is -2.37. The van der Waals surface area contributed by atoms with Gasteiger partial charge in [-0.15, -0.1) is 0 Å². The predicted molar refractivity (Wildman–Crippen MR) is 70.0 cm³/mol. The summed E-state index contributed by atoms with van der Waals surface area (Å²) >= 11 is 0. The number of aromatic amines is 2. The van der Waals surface area contributed by atoms with Crippen LogP contribution in [0.3, 0.4) is 0 Å². The largest absolute Gasteiger partial charge is 0.356 e. The van der Waals surface area contributed by atoms with Crippen LogP contribution in [-0.4, -0.2) is 33.2 Å². The van der Waals surface area contributed by atoms with E-state index in [0.717, 1.165) is 18.7 Å². The zero-order valence-corrected chi connectivity index (χ0v) is 10.7. The number of nitrogens with zero attached hydrogens (tertiary/aromatic N) is 1. The zero-order valence-electron chi connectivity index (χ0n) is 10.7. The summed E-state index contributed by atoms with van der Waals surface area (Å²) in [5.41, 5.74) is 0.920. The van der Waals surface area contributed by atoms with E-state index in [9.17, 15) is 9.59 Å². The quantitative estimate of drug-likeness (QED) is 0.540. The normalized spacial score (nSPS) is 10.4. The van der Waals surface area contributed by atoms with Crippen LogP contribution in [-0.2, 0) is 6.42 Å². The summed E-state index contributed by atoms with van der Waals surface area (Å²) in [4.78, 5) is 32.8. The molecule has 0 atom stereocenters. The van der Waals surface area contributed by atoms with Crippen molar-refractivity contribution in [3.8, 4) is 0 Å². The molecule has 2 aromatic rings. The van der Waals surface area contributed by atoms with Gasteiger partial charge in [-0.05, 0) is 19.4 Å². The second kappa shape index (κ2) is 5.99. The molecule has 6 nitrogen and oxygen atoms in total. The molecule has 0 bridgehead atoms. The molecule has 0 unspecified atom stereocenters. The van der Waals surface area contributed by atoms with E-state index in [2.05, 4.69) is 20.3 Å². The minimum atomic E-state index is -0.202. The van der Waals surface area contributed by atoms with Crippen molar-refractivity contribution in [1.82, 2.24) is 20.3 Å². The first-order chi connectivity index (χ1) is 9.16. The molecule has 0 aliphatic rings. The second-order valence-corrected chi connectivity index (χ2v) is 4.25. The molecular formula is C13H16N4O2. The number of ketones is 1. The van der Waals surface area contributed by atoms with Crippen LogP contribution in [0.5, 0.6) is 0 Å². The molecule has 100 valence electrons. The SMILES string of the molecule is CC(=O)c1c[nH]c(C(=O)NCCCc2ncc[nH]2)c1. The maximum atomic E-state index is 11.8. The molecule has 3 N–H and O–H groups in total. The fraction of sp³-hybridized carbons (Fsp3) is 0.308. The number of hydrogen-bond acceptors (Lipinski definition) is 3. The average molecular weight is 260 g/mol. The number of amides is 1. The molecule has 0 aliphatic carbocycles. The van der Waals surface area contributed by atoms with Gasteiger partial charge in [-0.25, -0.2) is 4.98 Å². The minimum absolute atomic E-state index is 0.0619. The molecule has 2 aromatic heterocycles. The first-order valence-electron chi connectivity index (χ1n) is 6.12. The number of aromatic nitrogens is 3. The summed E-state index contributed by atoms with van der Waals surface area (Å²) in [6.07, 6.45) is 6.61. The van der Waals surface area contributed by atoms with Crippen molar-refractivity contribution in [2.24, 2.45) is 0 Å². The van der Waals surface area contributed by atoms with Gasteiger partial charge in [0.25, 0.3) is 5.91 Å². The van der Waals surface area contributed by atoms with Gasteiger partial charge in [0.05, 0.1) is 0 Å². The van der Waals surface area contributed by atoms with E-state index in [1.54, 1.807) is 24.7 Å². The lowest BCUT2D eigenvalue weighted by Gasteiger charge is -2.02. The van der Waals surface area contributed by atoms with Crippen molar-refractivity contribution >= 4 is 11.7 Å². The summed E-state index contributed by atoms with van der Waals surface area (Å²) in [6.45, 7) is 2.03. The number of imidazole rings is 1. The number of carbonyl (C=O) groups excluding carboxylic acids is 2. The topological polar surface area (TPSA) is 90.6 Å². The maximum absolute atomic E-state index is 11.8.